The van der Waals surface area contributed by atoms with Crippen LogP contribution in [0, 0.1) is 0 Å². The van der Waals surface area contributed by atoms with Crippen molar-refractivity contribution in [2.45, 2.75) is 0 Å². The first-order valence-corrected chi connectivity index (χ1v) is 18.1. The van der Waals surface area contributed by atoms with Gasteiger partial charge in [-0.1, -0.05) is 146 Å². The normalized spacial score (nSPS) is 15.0. The van der Waals surface area contributed by atoms with E-state index in [9.17, 15) is 0 Å². The molecule has 2 aliphatic rings. The summed E-state index contributed by atoms with van der Waals surface area (Å²) in [6, 6.07) is 53.0. The van der Waals surface area contributed by atoms with Gasteiger partial charge in [0.15, 0.2) is 0 Å². The van der Waals surface area contributed by atoms with Crippen molar-refractivity contribution in [3.05, 3.63) is 146 Å². The summed E-state index contributed by atoms with van der Waals surface area (Å²) in [7, 11) is -0.798. The van der Waals surface area contributed by atoms with Gasteiger partial charge in [0, 0.05) is 0 Å². The van der Waals surface area contributed by atoms with Crippen LogP contribution in [0.4, 0.5) is 0 Å². The molecule has 2 aliphatic heterocycles. The Labute approximate surface area is 301 Å². The Morgan fingerprint density at radius 3 is 0.635 bits per heavy atom. The first-order chi connectivity index (χ1) is 25.9. The summed E-state index contributed by atoms with van der Waals surface area (Å²) < 4.78 is 24.7. The highest BCUT2D eigenvalue weighted by Gasteiger charge is 2.34. The van der Waals surface area contributed by atoms with Crippen LogP contribution in [0.25, 0.3) is 86.9 Å². The molecule has 52 heavy (non-hydrogen) atoms. The second-order valence-corrected chi connectivity index (χ2v) is 13.7. The molecule has 4 nitrogen and oxygen atoms in total. The Kier molecular flexibility index (Phi) is 6.99. The van der Waals surface area contributed by atoms with Crippen LogP contribution < -0.4 is 10.9 Å². The molecule has 0 amide bonds. The zero-order valence-electron chi connectivity index (χ0n) is 28.5. The van der Waals surface area contributed by atoms with E-state index in [1.165, 1.54) is 65.3 Å². The number of hydrogen-bond donors (Lipinski definition) is 0. The van der Waals surface area contributed by atoms with E-state index < -0.39 is 14.2 Å². The van der Waals surface area contributed by atoms with Gasteiger partial charge in [0.1, 0.15) is 0 Å². The van der Waals surface area contributed by atoms with E-state index in [4.69, 9.17) is 18.6 Å². The minimum Gasteiger partial charge on any atom is -0.405 e. The zero-order valence-corrected chi connectivity index (χ0v) is 28.5. The van der Waals surface area contributed by atoms with Gasteiger partial charge in [0.2, 0.25) is 0 Å². The molecule has 0 atom stereocenters. The van der Waals surface area contributed by atoms with Crippen molar-refractivity contribution in [3.63, 3.8) is 0 Å². The predicted molar refractivity (Wildman–Crippen MR) is 217 cm³/mol. The van der Waals surface area contributed by atoms with Gasteiger partial charge in [-0.15, -0.1) is 0 Å². The minimum atomic E-state index is -0.399. The van der Waals surface area contributed by atoms with Crippen molar-refractivity contribution in [3.8, 4) is 22.3 Å². The Morgan fingerprint density at radius 2 is 0.423 bits per heavy atom. The van der Waals surface area contributed by atoms with Gasteiger partial charge in [-0.2, -0.15) is 0 Å². The molecular weight excluding hydrogens is 638 g/mol. The van der Waals surface area contributed by atoms with Gasteiger partial charge in [0.25, 0.3) is 0 Å². The maximum absolute atomic E-state index is 6.18. The lowest BCUT2D eigenvalue weighted by molar-refractivity contribution is 0.365. The van der Waals surface area contributed by atoms with Crippen LogP contribution in [0.15, 0.2) is 146 Å². The van der Waals surface area contributed by atoms with Crippen molar-refractivity contribution in [1.82, 2.24) is 0 Å². The van der Waals surface area contributed by atoms with Crippen LogP contribution in [0.1, 0.15) is 0 Å². The zero-order chi connectivity index (χ0) is 34.2. The molecule has 0 spiro atoms. The van der Waals surface area contributed by atoms with E-state index in [2.05, 4.69) is 146 Å². The first kappa shape index (κ1) is 30.2. The van der Waals surface area contributed by atoms with Gasteiger partial charge in [-0.3, -0.25) is 0 Å². The smallest absolute Gasteiger partial charge is 0.405 e. The maximum atomic E-state index is 6.18. The van der Waals surface area contributed by atoms with Crippen LogP contribution in [-0.2, 0) is 18.6 Å². The molecule has 0 radical (unpaired) electrons. The highest BCUT2D eigenvalue weighted by atomic mass is 16.6. The molecule has 0 saturated carbocycles. The molecule has 9 aromatic carbocycles. The Bertz CT molecular complexity index is 2520. The van der Waals surface area contributed by atoms with Crippen molar-refractivity contribution < 1.29 is 18.6 Å². The Hall–Kier alpha value is -5.49. The summed E-state index contributed by atoms with van der Waals surface area (Å²) in [4.78, 5) is 0. The van der Waals surface area contributed by atoms with Gasteiger partial charge in [-0.25, -0.2) is 0 Å². The predicted octanol–water partition coefficient (Wildman–Crippen LogP) is 9.42. The molecule has 246 valence electrons. The quantitative estimate of drug-likeness (QED) is 0.138. The summed E-state index contributed by atoms with van der Waals surface area (Å²) in [6.45, 7) is 2.38. The second kappa shape index (κ2) is 12.0. The summed E-state index contributed by atoms with van der Waals surface area (Å²) in [5.41, 5.74) is 7.14. The van der Waals surface area contributed by atoms with E-state index in [-0.39, 0.29) is 0 Å². The van der Waals surface area contributed by atoms with E-state index in [0.717, 1.165) is 32.5 Å². The third-order valence-electron chi connectivity index (χ3n) is 11.1. The number of benzene rings is 9. The summed E-state index contributed by atoms with van der Waals surface area (Å²) in [5.74, 6) is 0. The molecule has 0 N–H and O–H groups in total. The standard InChI is InChI=1S/C46H32B2O4/c1-2-14-30-29(13-1)41(43-33-17-5-9-21-37(33)45(47-49-25-26-50-47)38-22-10-6-18-34(38)43)31-15-3-4-16-32(31)42(30)44-35-19-7-11-23-39(35)46(48-51-27-28-52-48)40-24-12-8-20-36(40)44/h1-24H,25-28H2. The fraction of sp³-hybridized carbons (Fsp3) is 0.0870. The van der Waals surface area contributed by atoms with Gasteiger partial charge >= 0.3 is 14.2 Å². The highest BCUT2D eigenvalue weighted by Crippen LogP contribution is 2.49. The van der Waals surface area contributed by atoms with E-state index in [1.54, 1.807) is 0 Å². The first-order valence-electron chi connectivity index (χ1n) is 18.1. The molecule has 2 saturated heterocycles. The fourth-order valence-corrected chi connectivity index (χ4v) is 9.09. The Morgan fingerprint density at radius 1 is 0.250 bits per heavy atom. The van der Waals surface area contributed by atoms with Crippen LogP contribution in [0.3, 0.4) is 0 Å². The lowest BCUT2D eigenvalue weighted by Crippen LogP contribution is -2.33. The van der Waals surface area contributed by atoms with Crippen LogP contribution >= 0.6 is 0 Å². The maximum Gasteiger partial charge on any atom is 0.495 e. The molecule has 0 aliphatic carbocycles. The Balaban J connectivity index is 1.32. The number of rotatable bonds is 4. The van der Waals surface area contributed by atoms with Gasteiger partial charge in [0.05, 0.1) is 26.4 Å². The molecule has 0 aromatic heterocycles. The summed E-state index contributed by atoms with van der Waals surface area (Å²) in [5, 5.41) is 14.2. The third-order valence-corrected chi connectivity index (χ3v) is 11.1. The monoisotopic (exact) mass is 670 g/mol. The number of hydrogen-bond acceptors (Lipinski definition) is 4. The summed E-state index contributed by atoms with van der Waals surface area (Å²) in [6.07, 6.45) is 0. The fourth-order valence-electron chi connectivity index (χ4n) is 9.09. The SMILES string of the molecule is c1ccc2c(-c3c4ccccc4c(-c4c5ccccc5c(B5OCCO5)c5ccccc45)c4ccccc34)c3ccccc3c(B3OCCO3)c2c1. The molecule has 0 bridgehead atoms. The van der Waals surface area contributed by atoms with E-state index in [0.29, 0.717) is 26.4 Å². The molecule has 6 heteroatoms. The molecule has 9 aromatic rings. The highest BCUT2D eigenvalue weighted by molar-refractivity contribution is 6.69. The van der Waals surface area contributed by atoms with Crippen LogP contribution in [0.2, 0.25) is 0 Å². The molecular formula is C46H32B2O4. The van der Waals surface area contributed by atoms with Crippen molar-refractivity contribution in [1.29, 1.82) is 0 Å². The topological polar surface area (TPSA) is 36.9 Å². The lowest BCUT2D eigenvalue weighted by atomic mass is 9.70. The van der Waals surface area contributed by atoms with Crippen LogP contribution in [0.5, 0.6) is 0 Å². The van der Waals surface area contributed by atoms with Crippen molar-refractivity contribution >= 4 is 89.8 Å². The average Bonchev–Trinajstić information content (AvgIpc) is 3.95. The van der Waals surface area contributed by atoms with Crippen molar-refractivity contribution in [2.24, 2.45) is 0 Å². The molecule has 11 rings (SSSR count). The largest absolute Gasteiger partial charge is 0.495 e. The summed E-state index contributed by atoms with van der Waals surface area (Å²) >= 11 is 0. The molecule has 0 unspecified atom stereocenters. The number of fused-ring (bicyclic) bond motifs is 6. The van der Waals surface area contributed by atoms with Gasteiger partial charge < -0.3 is 18.6 Å². The molecule has 2 fully saturated rings. The second-order valence-electron chi connectivity index (χ2n) is 13.7. The third kappa shape index (κ3) is 4.39. The van der Waals surface area contributed by atoms with Gasteiger partial charge in [-0.05, 0) is 97.8 Å². The van der Waals surface area contributed by atoms with Crippen molar-refractivity contribution in [2.75, 3.05) is 26.4 Å². The lowest BCUT2D eigenvalue weighted by Gasteiger charge is -2.24. The van der Waals surface area contributed by atoms with E-state index in [1.807, 2.05) is 0 Å². The molecule has 2 heterocycles. The minimum absolute atomic E-state index is 0.399. The van der Waals surface area contributed by atoms with E-state index >= 15 is 0 Å². The van der Waals surface area contributed by atoms with Crippen LogP contribution in [-0.4, -0.2) is 40.7 Å². The average molecular weight is 670 g/mol.